The van der Waals surface area contributed by atoms with E-state index in [4.69, 9.17) is 0 Å². The first kappa shape index (κ1) is 12.7. The Balaban J connectivity index is 2.95. The Kier molecular flexibility index (Phi) is 3.59. The summed E-state index contributed by atoms with van der Waals surface area (Å²) in [4.78, 5) is 11.3. The van der Waals surface area contributed by atoms with Crippen LogP contribution in [0.25, 0.3) is 0 Å². The highest BCUT2D eigenvalue weighted by Crippen LogP contribution is 2.38. The predicted octanol–water partition coefficient (Wildman–Crippen LogP) is 1.96. The Morgan fingerprint density at radius 3 is 2.53 bits per heavy atom. The third-order valence-electron chi connectivity index (χ3n) is 3.25. The lowest BCUT2D eigenvalue weighted by molar-refractivity contribution is -0.121. The zero-order chi connectivity index (χ0) is 11.7. The molecule has 0 aliphatic heterocycles. The minimum atomic E-state index is -3.09. The summed E-state index contributed by atoms with van der Waals surface area (Å²) < 4.78 is 24.0. The van der Waals surface area contributed by atoms with E-state index >= 15 is 0 Å². The number of ketones is 1. The molecule has 0 spiro atoms. The lowest BCUT2D eigenvalue weighted by atomic mass is 9.76. The van der Waals surface area contributed by atoms with Crippen molar-refractivity contribution in [2.45, 2.75) is 51.7 Å². The molecule has 0 saturated heterocycles. The van der Waals surface area contributed by atoms with Gasteiger partial charge in [0.25, 0.3) is 0 Å². The Hall–Kier alpha value is -0.380. The molecule has 1 unspecified atom stereocenters. The summed E-state index contributed by atoms with van der Waals surface area (Å²) in [5.74, 6) is 0.299. The number of Topliss-reactive ketones (excluding diaryl/α,β-unsaturated/α-hetero) is 1. The van der Waals surface area contributed by atoms with Crippen LogP contribution in [0.15, 0.2) is 0 Å². The minimum absolute atomic E-state index is 0.0963. The highest BCUT2D eigenvalue weighted by Gasteiger charge is 2.43. The highest BCUT2D eigenvalue weighted by atomic mass is 32.2. The topological polar surface area (TPSA) is 51.2 Å². The van der Waals surface area contributed by atoms with E-state index in [2.05, 4.69) is 0 Å². The number of carbonyl (C=O) groups is 1. The average molecular weight is 232 g/mol. The number of hydrogen-bond donors (Lipinski definition) is 0. The molecule has 1 atom stereocenters. The van der Waals surface area contributed by atoms with Crippen molar-refractivity contribution in [3.8, 4) is 0 Å². The Labute approximate surface area is 92.2 Å². The van der Waals surface area contributed by atoms with Crippen LogP contribution in [-0.4, -0.2) is 25.2 Å². The van der Waals surface area contributed by atoms with Crippen LogP contribution in [0, 0.1) is 5.41 Å². The second kappa shape index (κ2) is 4.24. The Morgan fingerprint density at radius 1 is 1.40 bits per heavy atom. The van der Waals surface area contributed by atoms with Crippen LogP contribution >= 0.6 is 0 Å². The van der Waals surface area contributed by atoms with E-state index in [1.54, 1.807) is 0 Å². The molecule has 1 fully saturated rings. The lowest BCUT2D eigenvalue weighted by Gasteiger charge is -2.37. The van der Waals surface area contributed by atoms with Gasteiger partial charge in [0, 0.05) is 12.8 Å². The maximum atomic E-state index is 12.0. The van der Waals surface area contributed by atoms with Gasteiger partial charge in [-0.25, -0.2) is 8.42 Å². The first-order chi connectivity index (χ1) is 6.79. The first-order valence-corrected chi connectivity index (χ1v) is 7.24. The average Bonchev–Trinajstić information content (AvgIpc) is 2.09. The molecule has 0 radical (unpaired) electrons. The molecular formula is C11H20O3S. The largest absolute Gasteiger partial charge is 0.300 e. The number of hydrogen-bond acceptors (Lipinski definition) is 3. The normalized spacial score (nSPS) is 26.6. The lowest BCUT2D eigenvalue weighted by Crippen LogP contribution is -2.43. The zero-order valence-electron chi connectivity index (χ0n) is 9.75. The van der Waals surface area contributed by atoms with Crippen molar-refractivity contribution in [3.63, 3.8) is 0 Å². The van der Waals surface area contributed by atoms with Gasteiger partial charge in [0.05, 0.1) is 11.0 Å². The van der Waals surface area contributed by atoms with Crippen LogP contribution < -0.4 is 0 Å². The molecule has 0 aromatic heterocycles. The van der Waals surface area contributed by atoms with E-state index < -0.39 is 15.1 Å². The number of sulfone groups is 1. The summed E-state index contributed by atoms with van der Waals surface area (Å²) in [6, 6.07) is 0. The van der Waals surface area contributed by atoms with Gasteiger partial charge in [-0.1, -0.05) is 20.8 Å². The molecule has 1 rings (SSSR count). The van der Waals surface area contributed by atoms with E-state index in [1.165, 1.54) is 0 Å². The van der Waals surface area contributed by atoms with E-state index in [0.717, 1.165) is 0 Å². The van der Waals surface area contributed by atoms with Gasteiger partial charge >= 0.3 is 0 Å². The molecule has 0 amide bonds. The molecule has 3 nitrogen and oxygen atoms in total. The standard InChI is InChI=1S/C11H20O3S/c1-4-7-15(13,14)10-8-9(12)5-6-11(10,2)3/h10H,4-8H2,1-3H3. The van der Waals surface area contributed by atoms with Crippen LogP contribution in [0.1, 0.15) is 46.5 Å². The molecule has 88 valence electrons. The van der Waals surface area contributed by atoms with Crippen LogP contribution in [0.5, 0.6) is 0 Å². The van der Waals surface area contributed by atoms with Crippen molar-refractivity contribution in [1.29, 1.82) is 0 Å². The number of carbonyl (C=O) groups excluding carboxylic acids is 1. The Bertz CT molecular complexity index is 341. The van der Waals surface area contributed by atoms with Gasteiger partial charge in [-0.05, 0) is 18.3 Å². The second-order valence-corrected chi connectivity index (χ2v) is 7.39. The van der Waals surface area contributed by atoms with Crippen LogP contribution in [0.2, 0.25) is 0 Å². The zero-order valence-corrected chi connectivity index (χ0v) is 10.6. The van der Waals surface area contributed by atoms with Crippen LogP contribution in [-0.2, 0) is 14.6 Å². The highest BCUT2D eigenvalue weighted by molar-refractivity contribution is 7.92. The molecular weight excluding hydrogens is 212 g/mol. The van der Waals surface area contributed by atoms with Gasteiger partial charge in [-0.3, -0.25) is 4.79 Å². The fourth-order valence-electron chi connectivity index (χ4n) is 2.25. The van der Waals surface area contributed by atoms with Crippen molar-refractivity contribution in [3.05, 3.63) is 0 Å². The third-order valence-corrected chi connectivity index (χ3v) is 5.90. The summed E-state index contributed by atoms with van der Waals surface area (Å²) in [5.41, 5.74) is -0.248. The van der Waals surface area contributed by atoms with Gasteiger partial charge in [0.2, 0.25) is 0 Å². The van der Waals surface area contributed by atoms with Crippen molar-refractivity contribution < 1.29 is 13.2 Å². The third kappa shape index (κ3) is 2.80. The maximum absolute atomic E-state index is 12.0. The first-order valence-electron chi connectivity index (χ1n) is 5.53. The van der Waals surface area contributed by atoms with Gasteiger partial charge in [0.1, 0.15) is 5.78 Å². The molecule has 0 N–H and O–H groups in total. The summed E-state index contributed by atoms with van der Waals surface area (Å²) in [5, 5.41) is -0.466. The maximum Gasteiger partial charge on any atom is 0.154 e. The van der Waals surface area contributed by atoms with Gasteiger partial charge in [-0.15, -0.1) is 0 Å². The van der Waals surface area contributed by atoms with Gasteiger partial charge < -0.3 is 0 Å². The monoisotopic (exact) mass is 232 g/mol. The molecule has 1 saturated carbocycles. The summed E-state index contributed by atoms with van der Waals surface area (Å²) in [7, 11) is -3.09. The van der Waals surface area contributed by atoms with E-state index in [0.29, 0.717) is 19.3 Å². The fourth-order valence-corrected chi connectivity index (χ4v) is 4.63. The number of rotatable bonds is 3. The molecule has 1 aliphatic rings. The molecule has 1 aliphatic carbocycles. The molecule has 15 heavy (non-hydrogen) atoms. The predicted molar refractivity (Wildman–Crippen MR) is 60.5 cm³/mol. The molecule has 0 aromatic rings. The SMILES string of the molecule is CCCS(=O)(=O)C1CC(=O)CCC1(C)C. The molecule has 0 aromatic carbocycles. The smallest absolute Gasteiger partial charge is 0.154 e. The van der Waals surface area contributed by atoms with Crippen molar-refractivity contribution in [2.24, 2.45) is 5.41 Å². The summed E-state index contributed by atoms with van der Waals surface area (Å²) in [6.45, 7) is 5.77. The quantitative estimate of drug-likeness (QED) is 0.747. The van der Waals surface area contributed by atoms with Crippen LogP contribution in [0.3, 0.4) is 0 Å². The van der Waals surface area contributed by atoms with E-state index in [1.807, 2.05) is 20.8 Å². The Morgan fingerprint density at radius 2 is 2.00 bits per heavy atom. The van der Waals surface area contributed by atoms with Crippen molar-refractivity contribution in [2.75, 3.05) is 5.75 Å². The summed E-state index contributed by atoms with van der Waals surface area (Å²) >= 11 is 0. The van der Waals surface area contributed by atoms with E-state index in [-0.39, 0.29) is 23.4 Å². The summed E-state index contributed by atoms with van der Waals surface area (Å²) in [6.07, 6.45) is 2.07. The second-order valence-electron chi connectivity index (χ2n) is 5.09. The van der Waals surface area contributed by atoms with Crippen molar-refractivity contribution >= 4 is 15.6 Å². The minimum Gasteiger partial charge on any atom is -0.300 e. The molecule has 4 heteroatoms. The van der Waals surface area contributed by atoms with Crippen molar-refractivity contribution in [1.82, 2.24) is 0 Å². The molecule has 0 bridgehead atoms. The van der Waals surface area contributed by atoms with Gasteiger partial charge in [0.15, 0.2) is 9.84 Å². The van der Waals surface area contributed by atoms with Gasteiger partial charge in [-0.2, -0.15) is 0 Å². The molecule has 0 heterocycles. The fraction of sp³-hybridized carbons (Fsp3) is 0.909. The van der Waals surface area contributed by atoms with Crippen LogP contribution in [0.4, 0.5) is 0 Å². The van der Waals surface area contributed by atoms with E-state index in [9.17, 15) is 13.2 Å².